The molecule has 0 saturated carbocycles. The van der Waals surface area contributed by atoms with Gasteiger partial charge < -0.3 is 19.7 Å². The molecule has 31 heavy (non-hydrogen) atoms. The highest BCUT2D eigenvalue weighted by Gasteiger charge is 2.25. The van der Waals surface area contributed by atoms with Crippen LogP contribution in [0.3, 0.4) is 0 Å². The van der Waals surface area contributed by atoms with Crippen molar-refractivity contribution in [3.8, 4) is 0 Å². The molecule has 0 radical (unpaired) electrons. The van der Waals surface area contributed by atoms with Gasteiger partial charge >= 0.3 is 12.1 Å². The SMILES string of the molecule is CCOC(=O)N1CCC(NC(=O)COC(=O)c2cccc(S(=O)(=O)N(C)OC)c2)CC1. The number of benzene rings is 1. The number of hydrogen-bond donors (Lipinski definition) is 1. The summed E-state index contributed by atoms with van der Waals surface area (Å²) in [5.74, 6) is -1.31. The molecule has 0 aliphatic carbocycles. The summed E-state index contributed by atoms with van der Waals surface area (Å²) >= 11 is 0. The van der Waals surface area contributed by atoms with Crippen LogP contribution in [0.2, 0.25) is 0 Å². The van der Waals surface area contributed by atoms with Crippen molar-refractivity contribution in [2.75, 3.05) is 40.5 Å². The summed E-state index contributed by atoms with van der Waals surface area (Å²) in [6.07, 6.45) is 0.749. The third-order valence-corrected chi connectivity index (χ3v) is 6.36. The monoisotopic (exact) mass is 457 g/mol. The Hall–Kier alpha value is -2.70. The summed E-state index contributed by atoms with van der Waals surface area (Å²) in [7, 11) is -1.50. The van der Waals surface area contributed by atoms with E-state index >= 15 is 0 Å². The maximum absolute atomic E-state index is 12.3. The molecule has 1 aromatic rings. The van der Waals surface area contributed by atoms with Crippen molar-refractivity contribution in [3.63, 3.8) is 0 Å². The van der Waals surface area contributed by atoms with E-state index < -0.39 is 28.5 Å². The number of carbonyl (C=O) groups is 3. The normalized spacial score (nSPS) is 14.9. The van der Waals surface area contributed by atoms with E-state index in [9.17, 15) is 22.8 Å². The first kappa shape index (κ1) is 24.6. The molecule has 1 N–H and O–H groups in total. The first-order valence-corrected chi connectivity index (χ1v) is 11.1. The van der Waals surface area contributed by atoms with Gasteiger partial charge in [0.25, 0.3) is 15.9 Å². The van der Waals surface area contributed by atoms with Crippen molar-refractivity contribution in [1.82, 2.24) is 14.7 Å². The van der Waals surface area contributed by atoms with Crippen LogP contribution in [-0.2, 0) is 29.1 Å². The number of amides is 2. The second kappa shape index (κ2) is 11.1. The van der Waals surface area contributed by atoms with Crippen LogP contribution in [0.25, 0.3) is 0 Å². The van der Waals surface area contributed by atoms with Gasteiger partial charge in [0.2, 0.25) is 0 Å². The van der Waals surface area contributed by atoms with Gasteiger partial charge in [0.1, 0.15) is 0 Å². The maximum atomic E-state index is 12.3. The molecular formula is C19H27N3O8S. The maximum Gasteiger partial charge on any atom is 0.409 e. The summed E-state index contributed by atoms with van der Waals surface area (Å²) in [6.45, 7) is 2.45. The minimum absolute atomic E-state index is 0.0128. The minimum atomic E-state index is -3.92. The molecule has 0 unspecified atom stereocenters. The number of rotatable bonds is 8. The van der Waals surface area contributed by atoms with Gasteiger partial charge in [-0.2, -0.15) is 0 Å². The average molecular weight is 458 g/mol. The molecule has 2 amide bonds. The molecule has 1 heterocycles. The highest BCUT2D eigenvalue weighted by atomic mass is 32.2. The van der Waals surface area contributed by atoms with Crippen molar-refractivity contribution in [1.29, 1.82) is 0 Å². The Morgan fingerprint density at radius 3 is 2.48 bits per heavy atom. The molecule has 11 nitrogen and oxygen atoms in total. The standard InChI is InChI=1S/C19H27N3O8S/c1-4-29-19(25)22-10-8-15(9-11-22)20-17(23)13-30-18(24)14-6-5-7-16(12-14)31(26,27)21(2)28-3/h5-7,12,15H,4,8-11,13H2,1-3H3,(H,20,23). The van der Waals surface area contributed by atoms with Crippen molar-refractivity contribution < 1.29 is 37.1 Å². The van der Waals surface area contributed by atoms with Gasteiger partial charge in [-0.1, -0.05) is 10.5 Å². The van der Waals surface area contributed by atoms with E-state index in [-0.39, 0.29) is 22.6 Å². The van der Waals surface area contributed by atoms with Crippen LogP contribution in [0, 0.1) is 0 Å². The van der Waals surface area contributed by atoms with Crippen LogP contribution in [0.4, 0.5) is 4.79 Å². The first-order chi connectivity index (χ1) is 14.7. The molecule has 1 aliphatic rings. The fourth-order valence-corrected chi connectivity index (χ4v) is 3.95. The van der Waals surface area contributed by atoms with Crippen molar-refractivity contribution in [2.24, 2.45) is 0 Å². The molecule has 1 aliphatic heterocycles. The van der Waals surface area contributed by atoms with Crippen molar-refractivity contribution in [2.45, 2.75) is 30.7 Å². The van der Waals surface area contributed by atoms with Crippen LogP contribution in [0.5, 0.6) is 0 Å². The van der Waals surface area contributed by atoms with E-state index in [1.54, 1.807) is 11.8 Å². The number of carbonyl (C=O) groups excluding carboxylic acids is 3. The molecule has 0 spiro atoms. The zero-order chi connectivity index (χ0) is 23.0. The summed E-state index contributed by atoms with van der Waals surface area (Å²) in [5, 5.41) is 2.76. The lowest BCUT2D eigenvalue weighted by Gasteiger charge is -2.31. The van der Waals surface area contributed by atoms with E-state index in [1.807, 2.05) is 0 Å². The molecule has 1 aromatic carbocycles. The van der Waals surface area contributed by atoms with Crippen LogP contribution in [-0.4, -0.2) is 82.3 Å². The highest BCUT2D eigenvalue weighted by Crippen LogP contribution is 2.17. The summed E-state index contributed by atoms with van der Waals surface area (Å²) in [6, 6.07) is 5.10. The molecule has 2 rings (SSSR count). The quantitative estimate of drug-likeness (QED) is 0.447. The van der Waals surface area contributed by atoms with Crippen LogP contribution in [0.1, 0.15) is 30.1 Å². The molecule has 0 atom stereocenters. The lowest BCUT2D eigenvalue weighted by atomic mass is 10.1. The fraction of sp³-hybridized carbons (Fsp3) is 0.526. The number of sulfonamides is 1. The van der Waals surface area contributed by atoms with E-state index in [4.69, 9.17) is 14.3 Å². The van der Waals surface area contributed by atoms with Crippen molar-refractivity contribution in [3.05, 3.63) is 29.8 Å². The fourth-order valence-electron chi connectivity index (χ4n) is 2.94. The number of hydroxylamine groups is 1. The van der Waals surface area contributed by atoms with Gasteiger partial charge in [-0.15, -0.1) is 0 Å². The van der Waals surface area contributed by atoms with Gasteiger partial charge in [-0.25, -0.2) is 18.0 Å². The second-order valence-corrected chi connectivity index (χ2v) is 8.66. The third kappa shape index (κ3) is 6.64. The lowest BCUT2D eigenvalue weighted by Crippen LogP contribution is -2.47. The predicted molar refractivity (Wildman–Crippen MR) is 108 cm³/mol. The van der Waals surface area contributed by atoms with Crippen molar-refractivity contribution >= 4 is 28.0 Å². The average Bonchev–Trinajstić information content (AvgIpc) is 2.77. The molecule has 1 saturated heterocycles. The van der Waals surface area contributed by atoms with E-state index in [2.05, 4.69) is 5.32 Å². The van der Waals surface area contributed by atoms with Crippen LogP contribution in [0.15, 0.2) is 29.2 Å². The zero-order valence-corrected chi connectivity index (χ0v) is 18.5. The Kier molecular flexibility index (Phi) is 8.77. The number of hydrogen-bond acceptors (Lipinski definition) is 8. The largest absolute Gasteiger partial charge is 0.452 e. The number of nitrogens with one attached hydrogen (secondary N) is 1. The van der Waals surface area contributed by atoms with Gasteiger partial charge in [0.05, 0.1) is 24.2 Å². The number of esters is 1. The van der Waals surface area contributed by atoms with E-state index in [0.29, 0.717) is 37.0 Å². The number of nitrogens with zero attached hydrogens (tertiary/aromatic N) is 2. The molecular weight excluding hydrogens is 430 g/mol. The van der Waals surface area contributed by atoms with E-state index in [0.717, 1.165) is 6.07 Å². The van der Waals surface area contributed by atoms with Gasteiger partial charge in [-0.05, 0) is 38.0 Å². The smallest absolute Gasteiger partial charge is 0.409 e. The van der Waals surface area contributed by atoms with Crippen LogP contribution >= 0.6 is 0 Å². The first-order valence-electron chi connectivity index (χ1n) is 9.70. The third-order valence-electron chi connectivity index (χ3n) is 4.68. The molecule has 0 bridgehead atoms. The summed E-state index contributed by atoms with van der Waals surface area (Å²) in [4.78, 5) is 42.2. The Labute approximate surface area is 181 Å². The van der Waals surface area contributed by atoms with Gasteiger partial charge in [0.15, 0.2) is 6.61 Å². The summed E-state index contributed by atoms with van der Waals surface area (Å²) in [5.41, 5.74) is -0.0128. The van der Waals surface area contributed by atoms with E-state index in [1.165, 1.54) is 32.4 Å². The second-order valence-electron chi connectivity index (χ2n) is 6.73. The Bertz CT molecular complexity index is 897. The molecule has 1 fully saturated rings. The molecule has 0 aromatic heterocycles. The number of likely N-dealkylation sites (tertiary alicyclic amines) is 1. The highest BCUT2D eigenvalue weighted by molar-refractivity contribution is 7.89. The topological polar surface area (TPSA) is 132 Å². The van der Waals surface area contributed by atoms with Gasteiger partial charge in [0, 0.05) is 26.2 Å². The minimum Gasteiger partial charge on any atom is -0.452 e. The lowest BCUT2D eigenvalue weighted by molar-refractivity contribution is -0.125. The summed E-state index contributed by atoms with van der Waals surface area (Å²) < 4.78 is 35.2. The number of ether oxygens (including phenoxy) is 2. The Morgan fingerprint density at radius 1 is 1.19 bits per heavy atom. The van der Waals surface area contributed by atoms with Crippen LogP contribution < -0.4 is 5.32 Å². The number of piperidine rings is 1. The predicted octanol–water partition coefficient (Wildman–Crippen LogP) is 0.762. The molecule has 12 heteroatoms. The zero-order valence-electron chi connectivity index (χ0n) is 17.7. The Balaban J connectivity index is 1.85. The Morgan fingerprint density at radius 2 is 1.87 bits per heavy atom. The molecule has 172 valence electrons. The van der Waals surface area contributed by atoms with Gasteiger partial charge in [-0.3, -0.25) is 9.63 Å².